The normalized spacial score (nSPS) is 10.2. The topological polar surface area (TPSA) is 75.7 Å². The summed E-state index contributed by atoms with van der Waals surface area (Å²) in [6.07, 6.45) is 3.41. The molecule has 0 aliphatic heterocycles. The highest BCUT2D eigenvalue weighted by molar-refractivity contribution is 5.94. The van der Waals surface area contributed by atoms with Gasteiger partial charge in [-0.1, -0.05) is 30.3 Å². The highest BCUT2D eigenvalue weighted by atomic mass is 16.5. The van der Waals surface area contributed by atoms with Crippen LogP contribution in [0.1, 0.15) is 5.56 Å². The fraction of sp³-hybridized carbons (Fsp3) is 0.214. The quantitative estimate of drug-likeness (QED) is 0.464. The van der Waals surface area contributed by atoms with E-state index in [9.17, 15) is 14.4 Å². The molecule has 1 rings (SSSR count). The minimum Gasteiger partial charge on any atom is -0.375 e. The molecule has 1 aromatic carbocycles. The summed E-state index contributed by atoms with van der Waals surface area (Å²) in [5, 5.41) is 0.924. The molecule has 1 N–H and O–H groups in total. The van der Waals surface area contributed by atoms with Crippen molar-refractivity contribution in [3.8, 4) is 0 Å². The third kappa shape index (κ3) is 5.45. The van der Waals surface area contributed by atoms with E-state index in [1.165, 1.54) is 13.2 Å². The van der Waals surface area contributed by atoms with E-state index in [-0.39, 0.29) is 13.2 Å². The maximum absolute atomic E-state index is 11.9. The highest BCUT2D eigenvalue weighted by Gasteiger charge is 2.13. The van der Waals surface area contributed by atoms with Gasteiger partial charge in [-0.05, 0) is 11.6 Å². The van der Waals surface area contributed by atoms with E-state index in [4.69, 9.17) is 0 Å². The van der Waals surface area contributed by atoms with Crippen molar-refractivity contribution in [1.82, 2.24) is 10.4 Å². The second-order valence-electron chi connectivity index (χ2n) is 3.83. The second-order valence-corrected chi connectivity index (χ2v) is 3.83. The number of ether oxygens (including phenoxy) is 1. The first-order valence-corrected chi connectivity index (χ1v) is 5.94. The number of hydrazine groups is 1. The van der Waals surface area contributed by atoms with Crippen LogP contribution in [-0.2, 0) is 19.1 Å². The molecular formula is C14H16N2O4. The molecule has 0 atom stereocenters. The van der Waals surface area contributed by atoms with Crippen LogP contribution in [0.25, 0.3) is 6.08 Å². The Morgan fingerprint density at radius 3 is 2.60 bits per heavy atom. The van der Waals surface area contributed by atoms with Crippen LogP contribution >= 0.6 is 0 Å². The van der Waals surface area contributed by atoms with Crippen molar-refractivity contribution in [3.63, 3.8) is 0 Å². The SMILES string of the molecule is COCC(=O)NN(CC=O)C(=O)/C=C/c1ccccc1. The summed E-state index contributed by atoms with van der Waals surface area (Å²) < 4.78 is 4.64. The number of hydrogen-bond acceptors (Lipinski definition) is 4. The Morgan fingerprint density at radius 1 is 1.30 bits per heavy atom. The van der Waals surface area contributed by atoms with Gasteiger partial charge in [0.1, 0.15) is 12.9 Å². The van der Waals surface area contributed by atoms with Crippen LogP contribution in [0.2, 0.25) is 0 Å². The number of carbonyl (C=O) groups is 3. The Hall–Kier alpha value is -2.47. The van der Waals surface area contributed by atoms with E-state index in [0.29, 0.717) is 6.29 Å². The average Bonchev–Trinajstić information content (AvgIpc) is 2.45. The smallest absolute Gasteiger partial charge is 0.265 e. The van der Waals surface area contributed by atoms with Crippen LogP contribution in [0.5, 0.6) is 0 Å². The summed E-state index contributed by atoms with van der Waals surface area (Å²) in [6, 6.07) is 9.21. The van der Waals surface area contributed by atoms with E-state index in [1.807, 2.05) is 30.3 Å². The molecule has 106 valence electrons. The Labute approximate surface area is 117 Å². The maximum Gasteiger partial charge on any atom is 0.265 e. The van der Waals surface area contributed by atoms with Gasteiger partial charge in [0.2, 0.25) is 0 Å². The van der Waals surface area contributed by atoms with Crippen molar-refractivity contribution >= 4 is 24.2 Å². The van der Waals surface area contributed by atoms with Crippen LogP contribution in [0.4, 0.5) is 0 Å². The lowest BCUT2D eigenvalue weighted by Crippen LogP contribution is -2.47. The van der Waals surface area contributed by atoms with E-state index < -0.39 is 11.8 Å². The molecule has 0 spiro atoms. The molecule has 0 fully saturated rings. The Morgan fingerprint density at radius 2 is 2.00 bits per heavy atom. The van der Waals surface area contributed by atoms with Gasteiger partial charge in [-0.3, -0.25) is 15.0 Å². The minimum absolute atomic E-state index is 0.189. The molecule has 0 saturated carbocycles. The zero-order chi connectivity index (χ0) is 14.8. The molecular weight excluding hydrogens is 260 g/mol. The number of benzene rings is 1. The number of hydrogen-bond donors (Lipinski definition) is 1. The molecule has 20 heavy (non-hydrogen) atoms. The van der Waals surface area contributed by atoms with Crippen LogP contribution in [0, 0.1) is 0 Å². The number of aldehydes is 1. The predicted molar refractivity (Wildman–Crippen MR) is 73.3 cm³/mol. The molecule has 6 nitrogen and oxygen atoms in total. The molecule has 6 heteroatoms. The van der Waals surface area contributed by atoms with Gasteiger partial charge in [0, 0.05) is 13.2 Å². The van der Waals surface area contributed by atoms with Crippen molar-refractivity contribution in [3.05, 3.63) is 42.0 Å². The van der Waals surface area contributed by atoms with Crippen LogP contribution in [0.3, 0.4) is 0 Å². The minimum atomic E-state index is -0.504. The summed E-state index contributed by atoms with van der Waals surface area (Å²) in [4.78, 5) is 33.7. The summed E-state index contributed by atoms with van der Waals surface area (Å²) >= 11 is 0. The molecule has 2 amide bonds. The Balaban J connectivity index is 2.66. The first kappa shape index (κ1) is 15.6. The first-order chi connectivity index (χ1) is 9.67. The van der Waals surface area contributed by atoms with Crippen molar-refractivity contribution in [2.24, 2.45) is 0 Å². The molecule has 0 heterocycles. The van der Waals surface area contributed by atoms with Crippen LogP contribution in [-0.4, -0.2) is 43.4 Å². The summed E-state index contributed by atoms with van der Waals surface area (Å²) in [5.74, 6) is -0.999. The van der Waals surface area contributed by atoms with Gasteiger partial charge in [-0.2, -0.15) is 0 Å². The van der Waals surface area contributed by atoms with Gasteiger partial charge in [0.15, 0.2) is 0 Å². The molecule has 1 aromatic rings. The van der Waals surface area contributed by atoms with Crippen molar-refractivity contribution in [1.29, 1.82) is 0 Å². The number of amides is 2. The molecule has 0 unspecified atom stereocenters. The maximum atomic E-state index is 11.9. The zero-order valence-corrected chi connectivity index (χ0v) is 11.1. The number of nitrogens with one attached hydrogen (secondary N) is 1. The van der Waals surface area contributed by atoms with Crippen molar-refractivity contribution in [2.75, 3.05) is 20.3 Å². The lowest BCUT2D eigenvalue weighted by Gasteiger charge is -2.19. The fourth-order valence-electron chi connectivity index (χ4n) is 1.40. The number of nitrogens with zero attached hydrogens (tertiary/aromatic N) is 1. The van der Waals surface area contributed by atoms with Gasteiger partial charge in [0.05, 0.1) is 6.54 Å². The molecule has 0 aliphatic carbocycles. The number of rotatable bonds is 6. The first-order valence-electron chi connectivity index (χ1n) is 5.94. The Kier molecular flexibility index (Phi) is 6.70. The van der Waals surface area contributed by atoms with E-state index in [0.717, 1.165) is 10.6 Å². The zero-order valence-electron chi connectivity index (χ0n) is 11.1. The third-order valence-corrected chi connectivity index (χ3v) is 2.28. The molecule has 0 aliphatic rings. The third-order valence-electron chi connectivity index (χ3n) is 2.28. The van der Waals surface area contributed by atoms with E-state index in [1.54, 1.807) is 6.08 Å². The summed E-state index contributed by atoms with van der Waals surface area (Å²) in [5.41, 5.74) is 3.13. The summed E-state index contributed by atoms with van der Waals surface area (Å²) in [7, 11) is 1.36. The molecule has 0 saturated heterocycles. The number of carbonyl (C=O) groups excluding carboxylic acids is 3. The molecule has 0 bridgehead atoms. The van der Waals surface area contributed by atoms with E-state index in [2.05, 4.69) is 10.2 Å². The van der Waals surface area contributed by atoms with Crippen LogP contribution in [0.15, 0.2) is 36.4 Å². The molecule has 0 aromatic heterocycles. The monoisotopic (exact) mass is 276 g/mol. The van der Waals surface area contributed by atoms with Gasteiger partial charge in [-0.15, -0.1) is 0 Å². The Bertz CT molecular complexity index is 485. The highest BCUT2D eigenvalue weighted by Crippen LogP contribution is 2.01. The van der Waals surface area contributed by atoms with Gasteiger partial charge in [0.25, 0.3) is 11.8 Å². The lowest BCUT2D eigenvalue weighted by molar-refractivity contribution is -0.140. The van der Waals surface area contributed by atoms with E-state index >= 15 is 0 Å². The number of methoxy groups -OCH3 is 1. The van der Waals surface area contributed by atoms with Gasteiger partial charge < -0.3 is 9.53 Å². The van der Waals surface area contributed by atoms with Gasteiger partial charge in [-0.25, -0.2) is 5.01 Å². The standard InChI is InChI=1S/C14H16N2O4/c1-20-11-13(18)15-16(9-10-17)14(19)8-7-12-5-3-2-4-6-12/h2-8,10H,9,11H2,1H3,(H,15,18)/b8-7+. The van der Waals surface area contributed by atoms with Crippen molar-refractivity contribution < 1.29 is 19.1 Å². The molecule has 0 radical (unpaired) electrons. The fourth-order valence-corrected chi connectivity index (χ4v) is 1.40. The van der Waals surface area contributed by atoms with Crippen LogP contribution < -0.4 is 5.43 Å². The average molecular weight is 276 g/mol. The van der Waals surface area contributed by atoms with Gasteiger partial charge >= 0.3 is 0 Å². The largest absolute Gasteiger partial charge is 0.375 e. The van der Waals surface area contributed by atoms with Crippen molar-refractivity contribution in [2.45, 2.75) is 0 Å². The second kappa shape index (κ2) is 8.60. The predicted octanol–water partition coefficient (Wildman–Crippen LogP) is 0.405. The summed E-state index contributed by atoms with van der Waals surface area (Å²) in [6.45, 7) is -0.418. The lowest BCUT2D eigenvalue weighted by atomic mass is 10.2.